The highest BCUT2D eigenvalue weighted by molar-refractivity contribution is 7.99. The van der Waals surface area contributed by atoms with Gasteiger partial charge in [-0.1, -0.05) is 78.5 Å². The summed E-state index contributed by atoms with van der Waals surface area (Å²) in [4.78, 5) is 15.2. The number of hydrogen-bond donors (Lipinski definition) is 2. The monoisotopic (exact) mass is 459 g/mol. The molecule has 8 nitrogen and oxygen atoms in total. The number of nitrogens with one attached hydrogen (secondary N) is 1. The first-order chi connectivity index (χ1) is 16.1. The van der Waals surface area contributed by atoms with Crippen LogP contribution in [0.15, 0.2) is 90.1 Å². The molecule has 0 amide bonds. The Labute approximate surface area is 194 Å². The Morgan fingerprint density at radius 3 is 2.24 bits per heavy atom. The molecule has 3 aromatic carbocycles. The molecular formula is C24H21N5O3S. The number of aliphatic hydroxyl groups excluding tert-OH is 1. The van der Waals surface area contributed by atoms with Crippen molar-refractivity contribution in [2.75, 3.05) is 17.6 Å². The maximum absolute atomic E-state index is 10.9. The molecule has 0 fully saturated rings. The summed E-state index contributed by atoms with van der Waals surface area (Å²) in [6.07, 6.45) is -0.716. The van der Waals surface area contributed by atoms with Gasteiger partial charge in [0.05, 0.1) is 11.0 Å². The lowest BCUT2D eigenvalue weighted by Crippen LogP contribution is -2.22. The van der Waals surface area contributed by atoms with Gasteiger partial charge in [-0.3, -0.25) is 10.1 Å². The largest absolute Gasteiger partial charge is 0.390 e. The zero-order chi connectivity index (χ0) is 23.0. The Bertz CT molecular complexity index is 1230. The molecule has 4 rings (SSSR count). The third kappa shape index (κ3) is 5.91. The quantitative estimate of drug-likeness (QED) is 0.211. The minimum absolute atomic E-state index is 0.00436. The van der Waals surface area contributed by atoms with Crippen molar-refractivity contribution in [3.05, 3.63) is 95.0 Å². The maximum atomic E-state index is 10.9. The van der Waals surface area contributed by atoms with Gasteiger partial charge in [0.2, 0.25) is 5.16 Å². The minimum atomic E-state index is -0.716. The van der Waals surface area contributed by atoms with E-state index in [9.17, 15) is 15.2 Å². The van der Waals surface area contributed by atoms with E-state index in [1.807, 2.05) is 60.7 Å². The topological polar surface area (TPSA) is 114 Å². The van der Waals surface area contributed by atoms with Crippen LogP contribution in [0.5, 0.6) is 0 Å². The number of aromatic nitrogens is 3. The van der Waals surface area contributed by atoms with Crippen LogP contribution in [-0.4, -0.2) is 43.6 Å². The van der Waals surface area contributed by atoms with Crippen LogP contribution in [-0.2, 0) is 0 Å². The van der Waals surface area contributed by atoms with E-state index >= 15 is 0 Å². The second-order valence-corrected chi connectivity index (χ2v) is 8.16. The van der Waals surface area contributed by atoms with Crippen molar-refractivity contribution in [1.29, 1.82) is 0 Å². The highest BCUT2D eigenvalue weighted by atomic mass is 32.2. The molecule has 33 heavy (non-hydrogen) atoms. The van der Waals surface area contributed by atoms with E-state index in [1.54, 1.807) is 12.1 Å². The van der Waals surface area contributed by atoms with Crippen LogP contribution in [0.1, 0.15) is 0 Å². The van der Waals surface area contributed by atoms with E-state index in [4.69, 9.17) is 4.98 Å². The van der Waals surface area contributed by atoms with E-state index in [0.717, 1.165) is 16.8 Å². The van der Waals surface area contributed by atoms with Gasteiger partial charge < -0.3 is 10.4 Å². The molecule has 1 unspecified atom stereocenters. The van der Waals surface area contributed by atoms with E-state index in [2.05, 4.69) is 15.5 Å². The van der Waals surface area contributed by atoms with Crippen molar-refractivity contribution in [1.82, 2.24) is 15.2 Å². The molecule has 0 radical (unpaired) electrons. The normalized spacial score (nSPS) is 11.7. The van der Waals surface area contributed by atoms with Crippen molar-refractivity contribution < 1.29 is 10.0 Å². The Morgan fingerprint density at radius 2 is 1.58 bits per heavy atom. The zero-order valence-electron chi connectivity index (χ0n) is 17.5. The molecule has 9 heteroatoms. The summed E-state index contributed by atoms with van der Waals surface area (Å²) >= 11 is 1.30. The first kappa shape index (κ1) is 22.4. The number of aliphatic hydroxyl groups is 1. The van der Waals surface area contributed by atoms with Gasteiger partial charge in [-0.25, -0.2) is 4.98 Å². The molecular weight excluding hydrogens is 438 g/mol. The fraction of sp³-hybridized carbons (Fsp3) is 0.125. The number of thioether (sulfide) groups is 1. The summed E-state index contributed by atoms with van der Waals surface area (Å²) in [7, 11) is 0. The number of non-ortho nitro benzene ring substituents is 1. The van der Waals surface area contributed by atoms with Crippen LogP contribution in [0.3, 0.4) is 0 Å². The van der Waals surface area contributed by atoms with Crippen LogP contribution in [0, 0.1) is 10.1 Å². The number of nitro groups is 1. The average Bonchev–Trinajstić information content (AvgIpc) is 2.87. The fourth-order valence-electron chi connectivity index (χ4n) is 3.15. The summed E-state index contributed by atoms with van der Waals surface area (Å²) in [6, 6.07) is 25.7. The van der Waals surface area contributed by atoms with Gasteiger partial charge >= 0.3 is 0 Å². The van der Waals surface area contributed by atoms with E-state index in [0.29, 0.717) is 22.3 Å². The van der Waals surface area contributed by atoms with Crippen molar-refractivity contribution in [2.24, 2.45) is 0 Å². The Kier molecular flexibility index (Phi) is 7.23. The van der Waals surface area contributed by atoms with Crippen LogP contribution < -0.4 is 5.32 Å². The summed E-state index contributed by atoms with van der Waals surface area (Å²) < 4.78 is 0. The SMILES string of the molecule is O=[N+]([O-])c1cccc(NCC(O)CSc2nnc(-c3ccccc3)c(-c3ccccc3)n2)c1. The summed E-state index contributed by atoms with van der Waals surface area (Å²) in [5.74, 6) is 0.336. The van der Waals surface area contributed by atoms with Gasteiger partial charge in [0.1, 0.15) is 11.4 Å². The van der Waals surface area contributed by atoms with Crippen molar-refractivity contribution in [3.63, 3.8) is 0 Å². The van der Waals surface area contributed by atoms with Crippen LogP contribution in [0.25, 0.3) is 22.5 Å². The molecule has 4 aromatic rings. The van der Waals surface area contributed by atoms with E-state index in [-0.39, 0.29) is 12.2 Å². The van der Waals surface area contributed by atoms with Crippen LogP contribution in [0.2, 0.25) is 0 Å². The molecule has 0 spiro atoms. The lowest BCUT2D eigenvalue weighted by molar-refractivity contribution is -0.384. The minimum Gasteiger partial charge on any atom is -0.390 e. The molecule has 0 bridgehead atoms. The van der Waals surface area contributed by atoms with Gasteiger partial charge in [-0.05, 0) is 6.07 Å². The fourth-order valence-corrected chi connectivity index (χ4v) is 3.87. The van der Waals surface area contributed by atoms with Gasteiger partial charge in [0, 0.05) is 41.2 Å². The molecule has 1 heterocycles. The predicted octanol–water partition coefficient (Wildman–Crippen LogP) is 4.68. The van der Waals surface area contributed by atoms with Gasteiger partial charge in [-0.15, -0.1) is 10.2 Å². The smallest absolute Gasteiger partial charge is 0.271 e. The van der Waals surface area contributed by atoms with Gasteiger partial charge in [-0.2, -0.15) is 0 Å². The first-order valence-corrected chi connectivity index (χ1v) is 11.2. The second kappa shape index (κ2) is 10.7. The molecule has 0 saturated heterocycles. The lowest BCUT2D eigenvalue weighted by atomic mass is 10.0. The lowest BCUT2D eigenvalue weighted by Gasteiger charge is -2.13. The van der Waals surface area contributed by atoms with Gasteiger partial charge in [0.15, 0.2) is 0 Å². The number of nitrogens with zero attached hydrogens (tertiary/aromatic N) is 4. The molecule has 0 aliphatic heterocycles. The molecule has 1 atom stereocenters. The Hall–Kier alpha value is -3.82. The molecule has 0 aliphatic carbocycles. The first-order valence-electron chi connectivity index (χ1n) is 10.2. The van der Waals surface area contributed by atoms with Crippen LogP contribution in [0.4, 0.5) is 11.4 Å². The highest BCUT2D eigenvalue weighted by Crippen LogP contribution is 2.29. The summed E-state index contributed by atoms with van der Waals surface area (Å²) in [5.41, 5.74) is 3.85. The van der Waals surface area contributed by atoms with E-state index in [1.165, 1.54) is 23.9 Å². The van der Waals surface area contributed by atoms with Gasteiger partial charge in [0.25, 0.3) is 5.69 Å². The number of benzene rings is 3. The van der Waals surface area contributed by atoms with Crippen molar-refractivity contribution in [3.8, 4) is 22.5 Å². The highest BCUT2D eigenvalue weighted by Gasteiger charge is 2.15. The number of hydrogen-bond acceptors (Lipinski definition) is 8. The predicted molar refractivity (Wildman–Crippen MR) is 129 cm³/mol. The molecule has 0 saturated carbocycles. The number of anilines is 1. The standard InChI is InChI=1S/C24H21N5O3S/c30-21(15-25-19-12-7-13-20(14-19)29(31)32)16-33-24-26-22(17-8-3-1-4-9-17)23(27-28-24)18-10-5-2-6-11-18/h1-14,21,25,30H,15-16H2. The van der Waals surface area contributed by atoms with Crippen LogP contribution >= 0.6 is 11.8 Å². The molecule has 2 N–H and O–H groups in total. The molecule has 0 aliphatic rings. The number of nitro benzene ring substituents is 1. The van der Waals surface area contributed by atoms with E-state index < -0.39 is 11.0 Å². The van der Waals surface area contributed by atoms with Crippen molar-refractivity contribution in [2.45, 2.75) is 11.3 Å². The third-order valence-corrected chi connectivity index (χ3v) is 5.75. The maximum Gasteiger partial charge on any atom is 0.271 e. The summed E-state index contributed by atoms with van der Waals surface area (Å²) in [5, 5.41) is 33.4. The zero-order valence-corrected chi connectivity index (χ0v) is 18.4. The second-order valence-electron chi connectivity index (χ2n) is 7.18. The number of rotatable bonds is 9. The average molecular weight is 460 g/mol. The molecule has 1 aromatic heterocycles. The third-order valence-electron chi connectivity index (χ3n) is 4.77. The van der Waals surface area contributed by atoms with Crippen molar-refractivity contribution >= 4 is 23.1 Å². The summed E-state index contributed by atoms with van der Waals surface area (Å²) in [6.45, 7) is 0.231. The Morgan fingerprint density at radius 1 is 0.909 bits per heavy atom. The Balaban J connectivity index is 1.45. The molecule has 166 valence electrons.